The van der Waals surface area contributed by atoms with Crippen LogP contribution in [-0.4, -0.2) is 0 Å². The summed E-state index contributed by atoms with van der Waals surface area (Å²) in [5, 5.41) is 0. The zero-order valence-electron chi connectivity index (χ0n) is 9.43. The van der Waals surface area contributed by atoms with Crippen LogP contribution in [0.5, 0.6) is 0 Å². The monoisotopic (exact) mass is 376 g/mol. The molecule has 1 aromatic heterocycles. The number of aryl methyl sites for hydroxylation is 2. The van der Waals surface area contributed by atoms with Gasteiger partial charge in [0, 0.05) is 9.75 Å². The highest BCUT2D eigenvalue weighted by Gasteiger charge is 2.16. The first-order valence-electron chi connectivity index (χ1n) is 5.15. The zero-order valence-corrected chi connectivity index (χ0v) is 13.4. The third-order valence-electron chi connectivity index (χ3n) is 2.59. The van der Waals surface area contributed by atoms with Gasteiger partial charge in [0.05, 0.1) is 9.30 Å². The van der Waals surface area contributed by atoms with Crippen molar-refractivity contribution in [2.45, 2.75) is 18.7 Å². The van der Waals surface area contributed by atoms with E-state index in [0.29, 0.717) is 4.47 Å². The van der Waals surface area contributed by atoms with E-state index >= 15 is 0 Å². The van der Waals surface area contributed by atoms with Gasteiger partial charge in [0.1, 0.15) is 5.82 Å². The van der Waals surface area contributed by atoms with Crippen molar-refractivity contribution in [2.75, 3.05) is 0 Å². The van der Waals surface area contributed by atoms with Crippen molar-refractivity contribution >= 4 is 43.2 Å². The molecular weight excluding hydrogens is 367 g/mol. The van der Waals surface area contributed by atoms with Gasteiger partial charge < -0.3 is 0 Å². The van der Waals surface area contributed by atoms with Crippen LogP contribution < -0.4 is 0 Å². The predicted molar refractivity (Wildman–Crippen MR) is 78.7 cm³/mol. The lowest BCUT2D eigenvalue weighted by atomic mass is 10.1. The lowest BCUT2D eigenvalue weighted by Gasteiger charge is -2.10. The van der Waals surface area contributed by atoms with Crippen LogP contribution in [-0.2, 0) is 0 Å². The molecule has 0 radical (unpaired) electrons. The number of halogens is 3. The highest BCUT2D eigenvalue weighted by Crippen LogP contribution is 2.37. The Balaban J connectivity index is 2.40. The molecule has 0 aliphatic rings. The fourth-order valence-electron chi connectivity index (χ4n) is 1.75. The SMILES string of the molecule is Cc1cc(C(Br)c2ccc(Br)c(F)c2)c(C)s1. The maximum Gasteiger partial charge on any atom is 0.137 e. The molecule has 0 N–H and O–H groups in total. The first kappa shape index (κ1) is 13.2. The van der Waals surface area contributed by atoms with Gasteiger partial charge in [-0.25, -0.2) is 4.39 Å². The Morgan fingerprint density at radius 1 is 1.24 bits per heavy atom. The Bertz CT molecular complexity index is 548. The summed E-state index contributed by atoms with van der Waals surface area (Å²) >= 11 is 8.57. The van der Waals surface area contributed by atoms with Crippen LogP contribution in [0.2, 0.25) is 0 Å². The van der Waals surface area contributed by atoms with E-state index in [-0.39, 0.29) is 10.6 Å². The van der Waals surface area contributed by atoms with Crippen LogP contribution in [0.1, 0.15) is 25.7 Å². The minimum Gasteiger partial charge on any atom is -0.206 e. The highest BCUT2D eigenvalue weighted by atomic mass is 79.9. The Morgan fingerprint density at radius 2 is 1.94 bits per heavy atom. The van der Waals surface area contributed by atoms with Crippen LogP contribution in [0.3, 0.4) is 0 Å². The Hall–Kier alpha value is -0.190. The molecule has 1 aromatic carbocycles. The van der Waals surface area contributed by atoms with Crippen LogP contribution >= 0.6 is 43.2 Å². The summed E-state index contributed by atoms with van der Waals surface area (Å²) in [6.07, 6.45) is 0. The minimum atomic E-state index is -0.225. The molecule has 0 saturated carbocycles. The molecule has 1 unspecified atom stereocenters. The Morgan fingerprint density at radius 3 is 2.47 bits per heavy atom. The van der Waals surface area contributed by atoms with Crippen LogP contribution in [0.15, 0.2) is 28.7 Å². The Kier molecular flexibility index (Phi) is 4.06. The molecule has 0 aliphatic carbocycles. The van der Waals surface area contributed by atoms with Gasteiger partial charge in [-0.3, -0.25) is 0 Å². The topological polar surface area (TPSA) is 0 Å². The molecule has 0 saturated heterocycles. The van der Waals surface area contributed by atoms with Crippen molar-refractivity contribution in [1.82, 2.24) is 0 Å². The molecule has 17 heavy (non-hydrogen) atoms. The maximum absolute atomic E-state index is 13.5. The number of rotatable bonds is 2. The highest BCUT2D eigenvalue weighted by molar-refractivity contribution is 9.10. The van der Waals surface area contributed by atoms with Gasteiger partial charge >= 0.3 is 0 Å². The molecule has 2 aromatic rings. The van der Waals surface area contributed by atoms with Crippen molar-refractivity contribution in [2.24, 2.45) is 0 Å². The molecule has 1 heterocycles. The summed E-state index contributed by atoms with van der Waals surface area (Å²) in [4.78, 5) is 2.60. The molecule has 1 atom stereocenters. The number of benzene rings is 1. The fourth-order valence-corrected chi connectivity index (χ4v) is 3.87. The molecule has 2 rings (SSSR count). The summed E-state index contributed by atoms with van der Waals surface area (Å²) in [6, 6.07) is 7.39. The standard InChI is InChI=1S/C13H11Br2FS/c1-7-5-10(8(2)17-7)13(15)9-3-4-11(14)12(16)6-9/h3-6,13H,1-2H3. The second-order valence-corrected chi connectivity index (χ2v) is 7.14. The number of hydrogen-bond acceptors (Lipinski definition) is 1. The van der Waals surface area contributed by atoms with Crippen LogP contribution in [0.25, 0.3) is 0 Å². The molecular formula is C13H11Br2FS. The van der Waals surface area contributed by atoms with Gasteiger partial charge in [-0.1, -0.05) is 22.0 Å². The van der Waals surface area contributed by atoms with Crippen molar-refractivity contribution in [1.29, 1.82) is 0 Å². The normalized spacial score (nSPS) is 12.8. The second-order valence-electron chi connectivity index (χ2n) is 3.90. The van der Waals surface area contributed by atoms with E-state index in [0.717, 1.165) is 5.56 Å². The maximum atomic E-state index is 13.5. The second kappa shape index (κ2) is 5.21. The van der Waals surface area contributed by atoms with Crippen LogP contribution in [0.4, 0.5) is 4.39 Å². The molecule has 0 amide bonds. The minimum absolute atomic E-state index is 0.0510. The Labute approximate surface area is 121 Å². The van der Waals surface area contributed by atoms with Crippen molar-refractivity contribution in [3.05, 3.63) is 55.4 Å². The first-order chi connectivity index (χ1) is 7.99. The van der Waals surface area contributed by atoms with Gasteiger partial charge in [0.2, 0.25) is 0 Å². The smallest absolute Gasteiger partial charge is 0.137 e. The van der Waals surface area contributed by atoms with Crippen molar-refractivity contribution in [3.63, 3.8) is 0 Å². The summed E-state index contributed by atoms with van der Waals surface area (Å²) < 4.78 is 14.0. The van der Waals surface area contributed by atoms with Crippen molar-refractivity contribution < 1.29 is 4.39 Å². The van der Waals surface area contributed by atoms with E-state index in [9.17, 15) is 4.39 Å². The van der Waals surface area contributed by atoms with E-state index in [1.807, 2.05) is 6.07 Å². The first-order valence-corrected chi connectivity index (χ1v) is 7.67. The molecule has 0 spiro atoms. The molecule has 0 bridgehead atoms. The average molecular weight is 378 g/mol. The third kappa shape index (κ3) is 2.80. The lowest BCUT2D eigenvalue weighted by molar-refractivity contribution is 0.619. The fraction of sp³-hybridized carbons (Fsp3) is 0.231. The van der Waals surface area contributed by atoms with E-state index in [2.05, 4.69) is 51.8 Å². The van der Waals surface area contributed by atoms with E-state index < -0.39 is 0 Å². The van der Waals surface area contributed by atoms with Gasteiger partial charge in [-0.15, -0.1) is 11.3 Å². The van der Waals surface area contributed by atoms with Gasteiger partial charge in [0.25, 0.3) is 0 Å². The number of alkyl halides is 1. The number of thiophene rings is 1. The lowest BCUT2D eigenvalue weighted by Crippen LogP contribution is -1.94. The predicted octanol–water partition coefficient (Wildman–Crippen LogP) is 5.75. The van der Waals surface area contributed by atoms with E-state index in [1.54, 1.807) is 23.5 Å². The van der Waals surface area contributed by atoms with Crippen molar-refractivity contribution in [3.8, 4) is 0 Å². The molecule has 0 aliphatic heterocycles. The van der Waals surface area contributed by atoms with Gasteiger partial charge in [-0.2, -0.15) is 0 Å². The third-order valence-corrected chi connectivity index (χ3v) is 5.24. The summed E-state index contributed by atoms with van der Waals surface area (Å²) in [6.45, 7) is 4.18. The summed E-state index contributed by atoms with van der Waals surface area (Å²) in [5.41, 5.74) is 2.15. The van der Waals surface area contributed by atoms with E-state index in [1.165, 1.54) is 15.3 Å². The van der Waals surface area contributed by atoms with Gasteiger partial charge in [-0.05, 0) is 59.1 Å². The van der Waals surface area contributed by atoms with Gasteiger partial charge in [0.15, 0.2) is 0 Å². The molecule has 0 nitrogen and oxygen atoms in total. The zero-order chi connectivity index (χ0) is 12.6. The summed E-state index contributed by atoms with van der Waals surface area (Å²) in [5.74, 6) is -0.225. The van der Waals surface area contributed by atoms with E-state index in [4.69, 9.17) is 0 Å². The summed E-state index contributed by atoms with van der Waals surface area (Å²) in [7, 11) is 0. The quantitative estimate of drug-likeness (QED) is 0.584. The molecule has 4 heteroatoms. The average Bonchev–Trinajstić information content (AvgIpc) is 2.61. The largest absolute Gasteiger partial charge is 0.206 e. The molecule has 0 fully saturated rings. The molecule has 90 valence electrons. The number of hydrogen-bond donors (Lipinski definition) is 0. The van der Waals surface area contributed by atoms with Crippen LogP contribution in [0, 0.1) is 19.7 Å².